The standard InChI is InChI=1S/C67H133NO5/c1-3-5-7-9-11-13-14-15-16-17-32-35-38-41-45-49-53-57-61-67(72)73-62-58-54-50-46-42-39-36-33-30-28-26-24-22-20-18-19-21-23-25-27-29-31-34-37-40-44-48-52-56-60-66(71)68-64(63-69)65(70)59-55-51-47-43-12-10-8-6-4-2/h64-65,69-70H,3-63H2,1-2H3,(H,68,71). The van der Waals surface area contributed by atoms with Gasteiger partial charge in [-0.2, -0.15) is 0 Å². The van der Waals surface area contributed by atoms with Crippen LogP contribution < -0.4 is 5.32 Å². The average Bonchev–Trinajstić information content (AvgIpc) is 3.39. The number of carbonyl (C=O) groups is 2. The molecule has 3 N–H and O–H groups in total. The van der Waals surface area contributed by atoms with Gasteiger partial charge in [-0.15, -0.1) is 0 Å². The number of aliphatic hydroxyl groups is 2. The topological polar surface area (TPSA) is 95.9 Å². The Bertz CT molecular complexity index is 1050. The molecule has 0 aliphatic rings. The molecule has 6 heteroatoms. The molecule has 73 heavy (non-hydrogen) atoms. The molecule has 2 atom stereocenters. The van der Waals surface area contributed by atoms with Gasteiger partial charge in [-0.25, -0.2) is 0 Å². The lowest BCUT2D eigenvalue weighted by atomic mass is 10.0. The van der Waals surface area contributed by atoms with E-state index in [1.54, 1.807) is 0 Å². The van der Waals surface area contributed by atoms with E-state index in [1.165, 1.54) is 321 Å². The summed E-state index contributed by atoms with van der Waals surface area (Å²) in [5.74, 6) is -0.00671. The molecule has 0 aliphatic heterocycles. The minimum absolute atomic E-state index is 0.0248. The lowest BCUT2D eigenvalue weighted by Gasteiger charge is -2.22. The molecule has 0 aliphatic carbocycles. The average molecular weight is 1030 g/mol. The molecular formula is C67H133NO5. The number of rotatable bonds is 64. The first-order chi connectivity index (χ1) is 36.0. The molecule has 0 saturated heterocycles. The van der Waals surface area contributed by atoms with Crippen molar-refractivity contribution in [3.05, 3.63) is 0 Å². The fourth-order valence-electron chi connectivity index (χ4n) is 11.0. The number of esters is 1. The summed E-state index contributed by atoms with van der Waals surface area (Å²) in [4.78, 5) is 24.5. The van der Waals surface area contributed by atoms with Crippen LogP contribution in [0, 0.1) is 0 Å². The third kappa shape index (κ3) is 60.0. The van der Waals surface area contributed by atoms with Gasteiger partial charge in [0.2, 0.25) is 5.91 Å². The molecule has 436 valence electrons. The zero-order valence-electron chi connectivity index (χ0n) is 49.9. The van der Waals surface area contributed by atoms with Crippen molar-refractivity contribution >= 4 is 11.9 Å². The van der Waals surface area contributed by atoms with Crippen LogP contribution in [0.1, 0.15) is 393 Å². The van der Waals surface area contributed by atoms with Crippen LogP contribution in [0.15, 0.2) is 0 Å². The summed E-state index contributed by atoms with van der Waals surface area (Å²) >= 11 is 0. The molecule has 0 saturated carbocycles. The van der Waals surface area contributed by atoms with E-state index in [4.69, 9.17) is 4.74 Å². The molecular weight excluding hydrogens is 899 g/mol. The van der Waals surface area contributed by atoms with E-state index >= 15 is 0 Å². The van der Waals surface area contributed by atoms with Gasteiger partial charge in [0.1, 0.15) is 0 Å². The summed E-state index contributed by atoms with van der Waals surface area (Å²) in [6.45, 7) is 4.97. The van der Waals surface area contributed by atoms with Crippen LogP contribution in [-0.4, -0.2) is 47.4 Å². The minimum Gasteiger partial charge on any atom is -0.466 e. The largest absolute Gasteiger partial charge is 0.466 e. The second-order valence-electron chi connectivity index (χ2n) is 23.5. The Morgan fingerprint density at radius 1 is 0.329 bits per heavy atom. The van der Waals surface area contributed by atoms with E-state index in [0.29, 0.717) is 25.9 Å². The molecule has 0 rings (SSSR count). The smallest absolute Gasteiger partial charge is 0.305 e. The van der Waals surface area contributed by atoms with Crippen molar-refractivity contribution in [2.24, 2.45) is 0 Å². The molecule has 0 fully saturated rings. The molecule has 6 nitrogen and oxygen atoms in total. The van der Waals surface area contributed by atoms with Gasteiger partial charge in [-0.05, 0) is 25.7 Å². The molecule has 0 bridgehead atoms. The van der Waals surface area contributed by atoms with Crippen molar-refractivity contribution in [3.8, 4) is 0 Å². The van der Waals surface area contributed by atoms with Crippen molar-refractivity contribution < 1.29 is 24.5 Å². The van der Waals surface area contributed by atoms with Crippen LogP contribution in [0.2, 0.25) is 0 Å². The Morgan fingerprint density at radius 2 is 0.562 bits per heavy atom. The summed E-state index contributed by atoms with van der Waals surface area (Å²) in [6, 6.07) is -0.535. The van der Waals surface area contributed by atoms with Crippen LogP contribution in [-0.2, 0) is 14.3 Å². The maximum atomic E-state index is 12.4. The highest BCUT2D eigenvalue weighted by molar-refractivity contribution is 5.76. The second kappa shape index (κ2) is 63.4. The van der Waals surface area contributed by atoms with Crippen molar-refractivity contribution in [1.29, 1.82) is 0 Å². The first-order valence-electron chi connectivity index (χ1n) is 33.8. The third-order valence-corrected chi connectivity index (χ3v) is 16.2. The summed E-state index contributed by atoms with van der Waals surface area (Å²) < 4.78 is 5.51. The van der Waals surface area contributed by atoms with Crippen molar-refractivity contribution in [2.45, 2.75) is 405 Å². The maximum Gasteiger partial charge on any atom is 0.305 e. The third-order valence-electron chi connectivity index (χ3n) is 16.2. The van der Waals surface area contributed by atoms with Gasteiger partial charge in [0.25, 0.3) is 0 Å². The fourth-order valence-corrected chi connectivity index (χ4v) is 11.0. The number of nitrogens with one attached hydrogen (secondary N) is 1. The van der Waals surface area contributed by atoms with E-state index in [2.05, 4.69) is 19.2 Å². The van der Waals surface area contributed by atoms with Crippen LogP contribution >= 0.6 is 0 Å². The lowest BCUT2D eigenvalue weighted by molar-refractivity contribution is -0.143. The second-order valence-corrected chi connectivity index (χ2v) is 23.5. The Morgan fingerprint density at radius 3 is 0.836 bits per heavy atom. The lowest BCUT2D eigenvalue weighted by Crippen LogP contribution is -2.45. The summed E-state index contributed by atoms with van der Waals surface area (Å²) in [5, 5.41) is 23.1. The van der Waals surface area contributed by atoms with E-state index in [-0.39, 0.29) is 18.5 Å². The van der Waals surface area contributed by atoms with Gasteiger partial charge in [0.15, 0.2) is 0 Å². The van der Waals surface area contributed by atoms with Crippen molar-refractivity contribution in [1.82, 2.24) is 5.32 Å². The van der Waals surface area contributed by atoms with E-state index < -0.39 is 12.1 Å². The molecule has 1 amide bonds. The van der Waals surface area contributed by atoms with Crippen LogP contribution in [0.4, 0.5) is 0 Å². The van der Waals surface area contributed by atoms with Gasteiger partial charge in [-0.1, -0.05) is 354 Å². The predicted molar refractivity (Wildman–Crippen MR) is 320 cm³/mol. The number of hydrogen-bond acceptors (Lipinski definition) is 5. The predicted octanol–water partition coefficient (Wildman–Crippen LogP) is 21.4. The van der Waals surface area contributed by atoms with E-state index in [1.807, 2.05) is 0 Å². The Labute approximate surface area is 457 Å². The van der Waals surface area contributed by atoms with E-state index in [9.17, 15) is 19.8 Å². The number of amides is 1. The summed E-state index contributed by atoms with van der Waals surface area (Å²) in [5.41, 5.74) is 0. The number of unbranched alkanes of at least 4 members (excludes halogenated alkanes) is 53. The van der Waals surface area contributed by atoms with Crippen molar-refractivity contribution in [2.75, 3.05) is 13.2 Å². The minimum atomic E-state index is -0.658. The molecule has 0 heterocycles. The van der Waals surface area contributed by atoms with Crippen LogP contribution in [0.3, 0.4) is 0 Å². The van der Waals surface area contributed by atoms with Crippen molar-refractivity contribution in [3.63, 3.8) is 0 Å². The van der Waals surface area contributed by atoms with Gasteiger partial charge in [0, 0.05) is 12.8 Å². The summed E-state index contributed by atoms with van der Waals surface area (Å²) in [7, 11) is 0. The highest BCUT2D eigenvalue weighted by Gasteiger charge is 2.20. The number of carbonyl (C=O) groups excluding carboxylic acids is 2. The fraction of sp³-hybridized carbons (Fsp3) is 0.970. The number of aliphatic hydroxyl groups excluding tert-OH is 2. The van der Waals surface area contributed by atoms with Gasteiger partial charge in [0.05, 0.1) is 25.4 Å². The monoisotopic (exact) mass is 1030 g/mol. The van der Waals surface area contributed by atoms with Crippen LogP contribution in [0.5, 0.6) is 0 Å². The first kappa shape index (κ1) is 71.9. The zero-order valence-corrected chi connectivity index (χ0v) is 49.9. The highest BCUT2D eigenvalue weighted by Crippen LogP contribution is 2.19. The first-order valence-corrected chi connectivity index (χ1v) is 33.8. The quantitative estimate of drug-likeness (QED) is 0.0417. The Kier molecular flexibility index (Phi) is 62.4. The molecule has 0 spiro atoms. The van der Waals surface area contributed by atoms with Crippen LogP contribution in [0.25, 0.3) is 0 Å². The zero-order chi connectivity index (χ0) is 52.9. The molecule has 0 aromatic carbocycles. The Balaban J connectivity index is 3.27. The molecule has 2 unspecified atom stereocenters. The van der Waals surface area contributed by atoms with Gasteiger partial charge in [-0.3, -0.25) is 9.59 Å². The maximum absolute atomic E-state index is 12.4. The van der Waals surface area contributed by atoms with Gasteiger partial charge >= 0.3 is 5.97 Å². The molecule has 0 aromatic rings. The van der Waals surface area contributed by atoms with E-state index in [0.717, 1.165) is 38.5 Å². The highest BCUT2D eigenvalue weighted by atomic mass is 16.5. The Hall–Kier alpha value is -1.14. The van der Waals surface area contributed by atoms with Gasteiger partial charge < -0.3 is 20.3 Å². The summed E-state index contributed by atoms with van der Waals surface area (Å²) in [6.07, 6.45) is 75.9. The molecule has 0 aromatic heterocycles. The SMILES string of the molecule is CCCCCCCCCCCCCCCCCCCCC(=O)OCCCCCCCCCCCCCCCCCCCCCCCCCCCCCCCC(=O)NC(CO)C(O)CCCCCCCCCCC. The number of hydrogen-bond donors (Lipinski definition) is 3. The number of ether oxygens (including phenoxy) is 1. The molecule has 0 radical (unpaired) electrons. The normalized spacial score (nSPS) is 12.4.